The summed E-state index contributed by atoms with van der Waals surface area (Å²) in [6.07, 6.45) is 5.28. The molecule has 1 aromatic carbocycles. The Hall–Kier alpha value is -0.580. The molecule has 2 fully saturated rings. The quantitative estimate of drug-likeness (QED) is 0.888. The lowest BCUT2D eigenvalue weighted by Gasteiger charge is -2.36. The Balaban J connectivity index is 1.63. The third-order valence-electron chi connectivity index (χ3n) is 4.64. The maximum Gasteiger partial charge on any atom is 0.120 e. The number of hydrogen-bond acceptors (Lipinski definition) is 3. The highest BCUT2D eigenvalue weighted by molar-refractivity contribution is 9.10. The third-order valence-corrected chi connectivity index (χ3v) is 5.14. The molecule has 2 N–H and O–H groups in total. The molecule has 2 atom stereocenters. The molecule has 2 saturated heterocycles. The number of likely N-dealkylation sites (tertiary alicyclic amines) is 1. The Kier molecular flexibility index (Phi) is 4.64. The molecule has 2 aliphatic rings. The Bertz CT molecular complexity index is 460. The molecule has 4 heteroatoms. The second kappa shape index (κ2) is 6.46. The molecule has 0 amide bonds. The van der Waals surface area contributed by atoms with Gasteiger partial charge in [-0.25, -0.2) is 0 Å². The maximum absolute atomic E-state index is 9.98. The summed E-state index contributed by atoms with van der Waals surface area (Å²) in [5, 5.41) is 13.6. The molecule has 3 nitrogen and oxygen atoms in total. The van der Waals surface area contributed by atoms with Crippen molar-refractivity contribution in [3.8, 4) is 5.75 Å². The van der Waals surface area contributed by atoms with Crippen molar-refractivity contribution in [1.29, 1.82) is 0 Å². The summed E-state index contributed by atoms with van der Waals surface area (Å²) in [5.74, 6) is 1.19. The molecule has 0 aromatic heterocycles. The van der Waals surface area contributed by atoms with E-state index < -0.39 is 0 Å². The van der Waals surface area contributed by atoms with Crippen LogP contribution in [0.3, 0.4) is 0 Å². The zero-order valence-corrected chi connectivity index (χ0v) is 13.4. The lowest BCUT2D eigenvalue weighted by molar-refractivity contribution is 0.144. The van der Waals surface area contributed by atoms with E-state index in [4.69, 9.17) is 0 Å². The summed E-state index contributed by atoms with van der Waals surface area (Å²) in [6, 6.07) is 6.42. The first-order valence-electron chi connectivity index (χ1n) is 7.65. The zero-order valence-electron chi connectivity index (χ0n) is 11.8. The van der Waals surface area contributed by atoms with Crippen molar-refractivity contribution in [2.24, 2.45) is 5.92 Å². The van der Waals surface area contributed by atoms with Crippen molar-refractivity contribution in [2.45, 2.75) is 38.3 Å². The standard InChI is InChI=1S/C16H23BrN2O/c17-14-5-6-16(20)13(9-14)11-19-8-2-3-12(10-19)15-4-1-7-18-15/h5-6,9,12,15,18,20H,1-4,7-8,10-11H2. The van der Waals surface area contributed by atoms with Gasteiger partial charge in [0.1, 0.15) is 5.75 Å². The lowest BCUT2D eigenvalue weighted by Crippen LogP contribution is -2.43. The van der Waals surface area contributed by atoms with Crippen molar-refractivity contribution in [3.63, 3.8) is 0 Å². The number of piperidine rings is 1. The van der Waals surface area contributed by atoms with E-state index in [1.54, 1.807) is 6.07 Å². The minimum Gasteiger partial charge on any atom is -0.508 e. The molecule has 0 saturated carbocycles. The van der Waals surface area contributed by atoms with Gasteiger partial charge in [0, 0.05) is 29.2 Å². The minimum absolute atomic E-state index is 0.411. The number of phenols is 1. The molecule has 2 unspecified atom stereocenters. The number of nitrogens with one attached hydrogen (secondary N) is 1. The van der Waals surface area contributed by atoms with Gasteiger partial charge < -0.3 is 10.4 Å². The van der Waals surface area contributed by atoms with Crippen LogP contribution in [0.5, 0.6) is 5.75 Å². The largest absolute Gasteiger partial charge is 0.508 e. The molecule has 0 bridgehead atoms. The number of aromatic hydroxyl groups is 1. The summed E-state index contributed by atoms with van der Waals surface area (Å²) in [5.41, 5.74) is 1.03. The average molecular weight is 339 g/mol. The number of halogens is 1. The number of hydrogen-bond donors (Lipinski definition) is 2. The fraction of sp³-hybridized carbons (Fsp3) is 0.625. The van der Waals surface area contributed by atoms with Crippen LogP contribution in [0.4, 0.5) is 0 Å². The van der Waals surface area contributed by atoms with Crippen molar-refractivity contribution in [3.05, 3.63) is 28.2 Å². The van der Waals surface area contributed by atoms with Crippen molar-refractivity contribution in [1.82, 2.24) is 10.2 Å². The van der Waals surface area contributed by atoms with E-state index in [0.29, 0.717) is 11.8 Å². The summed E-state index contributed by atoms with van der Waals surface area (Å²) in [6.45, 7) is 4.35. The topological polar surface area (TPSA) is 35.5 Å². The second-order valence-corrected chi connectivity index (χ2v) is 7.03. The SMILES string of the molecule is Oc1ccc(Br)cc1CN1CCCC(C2CCCN2)C1. The number of phenolic OH excluding ortho intramolecular Hbond substituents is 1. The Labute approximate surface area is 129 Å². The molecule has 0 spiro atoms. The fourth-order valence-corrected chi connectivity index (χ4v) is 4.01. The van der Waals surface area contributed by atoms with E-state index in [0.717, 1.165) is 35.6 Å². The summed E-state index contributed by atoms with van der Waals surface area (Å²) in [4.78, 5) is 2.50. The first-order valence-corrected chi connectivity index (χ1v) is 8.45. The number of rotatable bonds is 3. The Morgan fingerprint density at radius 3 is 3.00 bits per heavy atom. The smallest absolute Gasteiger partial charge is 0.120 e. The highest BCUT2D eigenvalue weighted by atomic mass is 79.9. The van der Waals surface area contributed by atoms with Crippen LogP contribution in [-0.2, 0) is 6.54 Å². The van der Waals surface area contributed by atoms with E-state index in [9.17, 15) is 5.11 Å². The fourth-order valence-electron chi connectivity index (χ4n) is 3.60. The van der Waals surface area contributed by atoms with Crippen LogP contribution >= 0.6 is 15.9 Å². The minimum atomic E-state index is 0.411. The predicted octanol–water partition coefficient (Wildman–Crippen LogP) is 3.12. The van der Waals surface area contributed by atoms with Crippen LogP contribution in [0.15, 0.2) is 22.7 Å². The van der Waals surface area contributed by atoms with Crippen LogP contribution in [0.1, 0.15) is 31.2 Å². The molecule has 110 valence electrons. The van der Waals surface area contributed by atoms with Gasteiger partial charge in [-0.1, -0.05) is 15.9 Å². The molecule has 2 aliphatic heterocycles. The van der Waals surface area contributed by atoms with E-state index in [1.165, 1.54) is 32.2 Å². The monoisotopic (exact) mass is 338 g/mol. The van der Waals surface area contributed by atoms with Gasteiger partial charge in [0.2, 0.25) is 0 Å². The maximum atomic E-state index is 9.98. The van der Waals surface area contributed by atoms with Crippen molar-refractivity contribution >= 4 is 15.9 Å². The summed E-state index contributed by atoms with van der Waals surface area (Å²) >= 11 is 3.49. The molecule has 0 radical (unpaired) electrons. The first-order chi connectivity index (χ1) is 9.72. The van der Waals surface area contributed by atoms with Crippen LogP contribution in [0.25, 0.3) is 0 Å². The van der Waals surface area contributed by atoms with E-state index in [-0.39, 0.29) is 0 Å². The summed E-state index contributed by atoms with van der Waals surface area (Å²) in [7, 11) is 0. The van der Waals surface area contributed by atoms with Gasteiger partial charge in [0.15, 0.2) is 0 Å². The molecule has 1 aromatic rings. The molecule has 3 rings (SSSR count). The van der Waals surface area contributed by atoms with Gasteiger partial charge >= 0.3 is 0 Å². The normalized spacial score (nSPS) is 27.9. The van der Waals surface area contributed by atoms with Gasteiger partial charge in [-0.3, -0.25) is 4.90 Å². The van der Waals surface area contributed by atoms with Crippen LogP contribution < -0.4 is 5.32 Å². The number of benzene rings is 1. The molecule has 0 aliphatic carbocycles. The van der Waals surface area contributed by atoms with Gasteiger partial charge in [-0.2, -0.15) is 0 Å². The van der Waals surface area contributed by atoms with Gasteiger partial charge in [0.05, 0.1) is 0 Å². The first kappa shape index (κ1) is 14.4. The van der Waals surface area contributed by atoms with Crippen LogP contribution in [0.2, 0.25) is 0 Å². The molecular weight excluding hydrogens is 316 g/mol. The average Bonchev–Trinajstić information content (AvgIpc) is 2.97. The highest BCUT2D eigenvalue weighted by Crippen LogP contribution is 2.28. The van der Waals surface area contributed by atoms with E-state index >= 15 is 0 Å². The van der Waals surface area contributed by atoms with Crippen molar-refractivity contribution in [2.75, 3.05) is 19.6 Å². The van der Waals surface area contributed by atoms with E-state index in [2.05, 4.69) is 26.1 Å². The van der Waals surface area contributed by atoms with Crippen LogP contribution in [-0.4, -0.2) is 35.7 Å². The summed E-state index contributed by atoms with van der Waals surface area (Å²) < 4.78 is 1.04. The van der Waals surface area contributed by atoms with Gasteiger partial charge in [0.25, 0.3) is 0 Å². The zero-order chi connectivity index (χ0) is 13.9. The van der Waals surface area contributed by atoms with E-state index in [1.807, 2.05) is 12.1 Å². The lowest BCUT2D eigenvalue weighted by atomic mass is 9.89. The van der Waals surface area contributed by atoms with Gasteiger partial charge in [-0.15, -0.1) is 0 Å². The van der Waals surface area contributed by atoms with Gasteiger partial charge in [-0.05, 0) is 62.9 Å². The second-order valence-electron chi connectivity index (χ2n) is 6.11. The third kappa shape index (κ3) is 3.35. The predicted molar refractivity (Wildman–Crippen MR) is 84.8 cm³/mol. The molecular formula is C16H23BrN2O. The Morgan fingerprint density at radius 2 is 2.20 bits per heavy atom. The highest BCUT2D eigenvalue weighted by Gasteiger charge is 2.29. The molecule has 2 heterocycles. The Morgan fingerprint density at radius 1 is 1.30 bits per heavy atom. The number of nitrogens with zero attached hydrogens (tertiary/aromatic N) is 1. The van der Waals surface area contributed by atoms with Crippen molar-refractivity contribution < 1.29 is 5.11 Å². The van der Waals surface area contributed by atoms with Crippen LogP contribution in [0, 0.1) is 5.92 Å². The molecule has 20 heavy (non-hydrogen) atoms.